The number of anilines is 1. The Labute approximate surface area is 160 Å². The van der Waals surface area contributed by atoms with E-state index < -0.39 is 5.97 Å². The monoisotopic (exact) mass is 386 g/mol. The summed E-state index contributed by atoms with van der Waals surface area (Å²) in [5, 5.41) is 9.83. The lowest BCUT2D eigenvalue weighted by atomic mass is 10.2. The van der Waals surface area contributed by atoms with Crippen LogP contribution in [-0.2, 0) is 9.59 Å². The highest BCUT2D eigenvalue weighted by Crippen LogP contribution is 2.30. The molecule has 0 unspecified atom stereocenters. The molecule has 5 nitrogen and oxygen atoms in total. The third-order valence-electron chi connectivity index (χ3n) is 3.59. The normalized spacial score (nSPS) is 15.4. The molecule has 0 fully saturated rings. The Morgan fingerprint density at radius 1 is 1.15 bits per heavy atom. The summed E-state index contributed by atoms with van der Waals surface area (Å²) in [6.07, 6.45) is 1.63. The number of thioether (sulfide) groups is 1. The van der Waals surface area contributed by atoms with Crippen LogP contribution in [0.4, 0.5) is 5.69 Å². The van der Waals surface area contributed by atoms with Crippen molar-refractivity contribution in [2.75, 3.05) is 10.7 Å². The molecule has 0 saturated heterocycles. The van der Waals surface area contributed by atoms with E-state index in [2.05, 4.69) is 4.99 Å². The van der Waals surface area contributed by atoms with E-state index in [0.29, 0.717) is 27.2 Å². The first-order valence-electron chi connectivity index (χ1n) is 7.85. The first-order valence-corrected chi connectivity index (χ1v) is 9.21. The van der Waals surface area contributed by atoms with E-state index in [1.807, 2.05) is 42.5 Å². The molecule has 1 amide bonds. The van der Waals surface area contributed by atoms with Crippen molar-refractivity contribution in [3.8, 4) is 0 Å². The standard InChI is InChI=1S/C19H15ClN2O3S/c20-15-9-5-4-6-13(15)12-16-18(25)22(14-7-2-1-3-8-14)19(21-16)26-11-10-17(23)24/h1-9,12H,10-11H2,(H,23,24)/b16-12-. The number of hydrogen-bond donors (Lipinski definition) is 1. The number of para-hydroxylation sites is 1. The van der Waals surface area contributed by atoms with Gasteiger partial charge in [-0.25, -0.2) is 4.99 Å². The number of benzene rings is 2. The Hall–Kier alpha value is -2.57. The average molecular weight is 387 g/mol. The molecule has 0 aromatic heterocycles. The quantitative estimate of drug-likeness (QED) is 0.778. The summed E-state index contributed by atoms with van der Waals surface area (Å²) in [4.78, 5) is 29.6. The van der Waals surface area contributed by atoms with Gasteiger partial charge >= 0.3 is 5.97 Å². The van der Waals surface area contributed by atoms with Crippen LogP contribution in [-0.4, -0.2) is 27.9 Å². The fraction of sp³-hybridized carbons (Fsp3) is 0.105. The molecular formula is C19H15ClN2O3S. The van der Waals surface area contributed by atoms with Gasteiger partial charge in [0.1, 0.15) is 5.70 Å². The molecule has 1 aliphatic rings. The lowest BCUT2D eigenvalue weighted by Crippen LogP contribution is -2.30. The highest BCUT2D eigenvalue weighted by Gasteiger charge is 2.32. The van der Waals surface area contributed by atoms with Crippen LogP contribution >= 0.6 is 23.4 Å². The van der Waals surface area contributed by atoms with Gasteiger partial charge in [-0.05, 0) is 29.8 Å². The summed E-state index contributed by atoms with van der Waals surface area (Å²) in [6.45, 7) is 0. The van der Waals surface area contributed by atoms with Gasteiger partial charge in [0.15, 0.2) is 5.17 Å². The van der Waals surface area contributed by atoms with Gasteiger partial charge in [0.25, 0.3) is 5.91 Å². The van der Waals surface area contributed by atoms with Crippen LogP contribution < -0.4 is 4.90 Å². The summed E-state index contributed by atoms with van der Waals surface area (Å²) < 4.78 is 0. The van der Waals surface area contributed by atoms with E-state index in [1.165, 1.54) is 16.7 Å². The van der Waals surface area contributed by atoms with Gasteiger partial charge in [-0.15, -0.1) is 0 Å². The summed E-state index contributed by atoms with van der Waals surface area (Å²) >= 11 is 7.41. The summed E-state index contributed by atoms with van der Waals surface area (Å²) in [7, 11) is 0. The molecule has 0 saturated carbocycles. The first kappa shape index (κ1) is 18.2. The van der Waals surface area contributed by atoms with E-state index in [0.717, 1.165) is 0 Å². The van der Waals surface area contributed by atoms with Crippen molar-refractivity contribution in [3.63, 3.8) is 0 Å². The number of aliphatic imine (C=N–C) groups is 1. The zero-order chi connectivity index (χ0) is 18.5. The Morgan fingerprint density at radius 3 is 2.54 bits per heavy atom. The number of carboxylic acid groups (broad SMARTS) is 1. The first-order chi connectivity index (χ1) is 12.6. The molecule has 1 heterocycles. The van der Waals surface area contributed by atoms with Crippen LogP contribution in [0.2, 0.25) is 5.02 Å². The highest BCUT2D eigenvalue weighted by molar-refractivity contribution is 8.14. The van der Waals surface area contributed by atoms with Crippen LogP contribution in [0.15, 0.2) is 65.3 Å². The van der Waals surface area contributed by atoms with Crippen LogP contribution in [0.3, 0.4) is 0 Å². The number of carbonyl (C=O) groups is 2. The molecule has 26 heavy (non-hydrogen) atoms. The minimum absolute atomic E-state index is 0.00985. The van der Waals surface area contributed by atoms with Crippen molar-refractivity contribution in [1.82, 2.24) is 0 Å². The summed E-state index contributed by atoms with van der Waals surface area (Å²) in [6, 6.07) is 16.3. The number of halogens is 1. The average Bonchev–Trinajstić information content (AvgIpc) is 2.93. The third-order valence-corrected chi connectivity index (χ3v) is 4.87. The summed E-state index contributed by atoms with van der Waals surface area (Å²) in [5.41, 5.74) is 1.65. The molecule has 0 bridgehead atoms. The fourth-order valence-electron chi connectivity index (χ4n) is 2.37. The molecule has 0 radical (unpaired) electrons. The van der Waals surface area contributed by atoms with Gasteiger partial charge in [-0.3, -0.25) is 14.5 Å². The zero-order valence-electron chi connectivity index (χ0n) is 13.6. The molecule has 7 heteroatoms. The van der Waals surface area contributed by atoms with Gasteiger partial charge in [0.2, 0.25) is 0 Å². The third kappa shape index (κ3) is 4.15. The number of amidine groups is 1. The minimum atomic E-state index is -0.888. The molecule has 0 spiro atoms. The Balaban J connectivity index is 1.94. The molecule has 2 aromatic rings. The van der Waals surface area contributed by atoms with Gasteiger partial charge in [-0.1, -0.05) is 59.8 Å². The fourth-order valence-corrected chi connectivity index (χ4v) is 3.50. The number of nitrogens with zero attached hydrogens (tertiary/aromatic N) is 2. The number of carbonyl (C=O) groups excluding carboxylic acids is 1. The second-order valence-electron chi connectivity index (χ2n) is 5.41. The van der Waals surface area contributed by atoms with Crippen LogP contribution in [0.5, 0.6) is 0 Å². The van der Waals surface area contributed by atoms with E-state index in [-0.39, 0.29) is 18.0 Å². The number of aliphatic carboxylic acids is 1. The van der Waals surface area contributed by atoms with Crippen molar-refractivity contribution in [3.05, 3.63) is 70.9 Å². The van der Waals surface area contributed by atoms with E-state index in [1.54, 1.807) is 18.2 Å². The second-order valence-corrected chi connectivity index (χ2v) is 6.88. The molecule has 2 aromatic carbocycles. The highest BCUT2D eigenvalue weighted by atomic mass is 35.5. The van der Waals surface area contributed by atoms with Crippen molar-refractivity contribution in [2.24, 2.45) is 4.99 Å². The van der Waals surface area contributed by atoms with Crippen molar-refractivity contribution >= 4 is 52.2 Å². The molecule has 132 valence electrons. The Bertz CT molecular complexity index is 897. The number of hydrogen-bond acceptors (Lipinski definition) is 4. The van der Waals surface area contributed by atoms with Gasteiger partial charge in [-0.2, -0.15) is 0 Å². The number of amides is 1. The predicted molar refractivity (Wildman–Crippen MR) is 106 cm³/mol. The molecule has 1 aliphatic heterocycles. The molecule has 0 aliphatic carbocycles. The maximum Gasteiger partial charge on any atom is 0.304 e. The smallest absolute Gasteiger partial charge is 0.304 e. The Morgan fingerprint density at radius 2 is 1.85 bits per heavy atom. The molecule has 0 atom stereocenters. The largest absolute Gasteiger partial charge is 0.481 e. The lowest BCUT2D eigenvalue weighted by molar-refractivity contribution is -0.136. The number of carboxylic acids is 1. The topological polar surface area (TPSA) is 70.0 Å². The van der Waals surface area contributed by atoms with Crippen LogP contribution in [0.25, 0.3) is 6.08 Å². The van der Waals surface area contributed by atoms with Crippen LogP contribution in [0, 0.1) is 0 Å². The minimum Gasteiger partial charge on any atom is -0.481 e. The van der Waals surface area contributed by atoms with E-state index in [9.17, 15) is 9.59 Å². The van der Waals surface area contributed by atoms with Gasteiger partial charge in [0.05, 0.1) is 12.1 Å². The van der Waals surface area contributed by atoms with E-state index in [4.69, 9.17) is 16.7 Å². The van der Waals surface area contributed by atoms with Gasteiger partial charge in [0, 0.05) is 10.8 Å². The Kier molecular flexibility index (Phi) is 5.75. The maximum absolute atomic E-state index is 12.9. The van der Waals surface area contributed by atoms with E-state index >= 15 is 0 Å². The summed E-state index contributed by atoms with van der Waals surface area (Å²) in [5.74, 6) is -0.834. The van der Waals surface area contributed by atoms with Gasteiger partial charge < -0.3 is 5.11 Å². The van der Waals surface area contributed by atoms with Crippen molar-refractivity contribution in [2.45, 2.75) is 6.42 Å². The molecule has 1 N–H and O–H groups in total. The SMILES string of the molecule is O=C(O)CCSC1=N/C(=C\c2ccccc2Cl)C(=O)N1c1ccccc1. The second kappa shape index (κ2) is 8.21. The molecule has 3 rings (SSSR count). The lowest BCUT2D eigenvalue weighted by Gasteiger charge is -2.17. The molecular weight excluding hydrogens is 372 g/mol. The predicted octanol–water partition coefficient (Wildman–Crippen LogP) is 4.29. The van der Waals surface area contributed by atoms with Crippen molar-refractivity contribution < 1.29 is 14.7 Å². The van der Waals surface area contributed by atoms with Crippen LogP contribution in [0.1, 0.15) is 12.0 Å². The van der Waals surface area contributed by atoms with Crippen molar-refractivity contribution in [1.29, 1.82) is 0 Å². The maximum atomic E-state index is 12.9. The zero-order valence-corrected chi connectivity index (χ0v) is 15.2. The number of rotatable bonds is 5.